The van der Waals surface area contributed by atoms with Crippen LogP contribution in [0.25, 0.3) is 5.82 Å². The Kier molecular flexibility index (Phi) is 5.73. The van der Waals surface area contributed by atoms with Crippen molar-refractivity contribution in [1.29, 1.82) is 0 Å². The molecule has 1 fully saturated rings. The number of piperazine rings is 1. The van der Waals surface area contributed by atoms with Gasteiger partial charge in [0.15, 0.2) is 5.82 Å². The smallest absolute Gasteiger partial charge is 0.272 e. The molecule has 10 nitrogen and oxygen atoms in total. The predicted octanol–water partition coefficient (Wildman–Crippen LogP) is 0.546. The highest BCUT2D eigenvalue weighted by Gasteiger charge is 2.24. The van der Waals surface area contributed by atoms with Gasteiger partial charge in [0.2, 0.25) is 0 Å². The molecule has 0 spiro atoms. The summed E-state index contributed by atoms with van der Waals surface area (Å²) in [6.07, 6.45) is 0. The molecule has 4 rings (SSSR count). The Balaban J connectivity index is 1.36. The van der Waals surface area contributed by atoms with Gasteiger partial charge in [-0.3, -0.25) is 19.2 Å². The summed E-state index contributed by atoms with van der Waals surface area (Å²) in [6, 6.07) is 7.03. The third-order valence-electron chi connectivity index (χ3n) is 5.59. The Labute approximate surface area is 180 Å². The summed E-state index contributed by atoms with van der Waals surface area (Å²) < 4.78 is 4.87. The van der Waals surface area contributed by atoms with Crippen LogP contribution in [0, 0.1) is 20.8 Å². The molecule has 0 bridgehead atoms. The lowest BCUT2D eigenvalue weighted by Crippen LogP contribution is -2.50. The Hall–Kier alpha value is -3.27. The van der Waals surface area contributed by atoms with Crippen molar-refractivity contribution >= 4 is 5.91 Å². The lowest BCUT2D eigenvalue weighted by Gasteiger charge is -2.34. The SMILES string of the molecule is Cc1cc(C(=O)N2CCN(CCn3nc(-n4nc(C)cc4C)ccc3=O)CC2)n(C)n1. The largest absolute Gasteiger partial charge is 0.335 e. The number of aromatic nitrogens is 6. The fourth-order valence-electron chi connectivity index (χ4n) is 3.96. The number of amides is 1. The maximum Gasteiger partial charge on any atom is 0.272 e. The van der Waals surface area contributed by atoms with Crippen molar-refractivity contribution in [2.24, 2.45) is 7.05 Å². The molecule has 10 heteroatoms. The molecule has 3 aromatic rings. The third kappa shape index (κ3) is 4.43. The molecule has 1 aliphatic rings. The average Bonchev–Trinajstić information content (AvgIpc) is 3.26. The second-order valence-electron chi connectivity index (χ2n) is 8.02. The number of aryl methyl sites for hydroxylation is 4. The van der Waals surface area contributed by atoms with E-state index in [0.717, 1.165) is 30.2 Å². The Morgan fingerprint density at radius 1 is 0.935 bits per heavy atom. The van der Waals surface area contributed by atoms with Crippen molar-refractivity contribution in [3.05, 3.63) is 57.4 Å². The zero-order chi connectivity index (χ0) is 22.1. The standard InChI is InChI=1S/C21H28N8O2/c1-15-13-17(3)29(23-15)19-5-6-20(30)28(24-19)12-9-26-7-10-27(11-8-26)21(31)18-14-16(2)22-25(18)4/h5-6,13-14H,7-12H2,1-4H3. The molecule has 3 aromatic heterocycles. The molecule has 1 saturated heterocycles. The minimum atomic E-state index is -0.134. The molecule has 1 aliphatic heterocycles. The van der Waals surface area contributed by atoms with E-state index in [0.29, 0.717) is 37.7 Å². The molecule has 0 saturated carbocycles. The second-order valence-corrected chi connectivity index (χ2v) is 8.02. The van der Waals surface area contributed by atoms with E-state index in [9.17, 15) is 9.59 Å². The summed E-state index contributed by atoms with van der Waals surface area (Å²) in [5, 5.41) is 13.2. The molecule has 1 amide bonds. The van der Waals surface area contributed by atoms with Crippen LogP contribution in [0.1, 0.15) is 27.6 Å². The molecule has 0 unspecified atom stereocenters. The number of nitrogens with zero attached hydrogens (tertiary/aromatic N) is 8. The van der Waals surface area contributed by atoms with Crippen LogP contribution < -0.4 is 5.56 Å². The van der Waals surface area contributed by atoms with Crippen LogP contribution in [0.5, 0.6) is 0 Å². The Bertz CT molecular complexity index is 1150. The van der Waals surface area contributed by atoms with Crippen molar-refractivity contribution in [2.75, 3.05) is 32.7 Å². The van der Waals surface area contributed by atoms with Gasteiger partial charge in [0, 0.05) is 51.5 Å². The summed E-state index contributed by atoms with van der Waals surface area (Å²) in [4.78, 5) is 29.2. The third-order valence-corrected chi connectivity index (χ3v) is 5.59. The Morgan fingerprint density at radius 2 is 1.65 bits per heavy atom. The molecule has 0 aromatic carbocycles. The first kappa shape index (κ1) is 21.0. The normalized spacial score (nSPS) is 14.9. The van der Waals surface area contributed by atoms with Crippen LogP contribution in [0.3, 0.4) is 0 Å². The van der Waals surface area contributed by atoms with Crippen LogP contribution in [0.15, 0.2) is 29.1 Å². The van der Waals surface area contributed by atoms with E-state index in [2.05, 4.69) is 20.2 Å². The molecule has 4 heterocycles. The molecular weight excluding hydrogens is 396 g/mol. The van der Waals surface area contributed by atoms with Crippen LogP contribution in [-0.2, 0) is 13.6 Å². The summed E-state index contributed by atoms with van der Waals surface area (Å²) in [5.74, 6) is 0.644. The van der Waals surface area contributed by atoms with Crippen LogP contribution in [-0.4, -0.2) is 77.8 Å². The highest BCUT2D eigenvalue weighted by Crippen LogP contribution is 2.11. The van der Waals surface area contributed by atoms with Crippen molar-refractivity contribution < 1.29 is 4.79 Å². The van der Waals surface area contributed by atoms with Gasteiger partial charge in [-0.25, -0.2) is 9.36 Å². The molecule has 0 N–H and O–H groups in total. The lowest BCUT2D eigenvalue weighted by molar-refractivity contribution is 0.0620. The first-order valence-electron chi connectivity index (χ1n) is 10.5. The molecule has 164 valence electrons. The number of carbonyl (C=O) groups excluding carboxylic acids is 1. The van der Waals surface area contributed by atoms with Crippen LogP contribution >= 0.6 is 0 Å². The number of hydrogen-bond donors (Lipinski definition) is 0. The molecule has 0 atom stereocenters. The average molecular weight is 425 g/mol. The monoisotopic (exact) mass is 424 g/mol. The number of hydrogen-bond acceptors (Lipinski definition) is 6. The highest BCUT2D eigenvalue weighted by atomic mass is 16.2. The van der Waals surface area contributed by atoms with Gasteiger partial charge >= 0.3 is 0 Å². The fraction of sp³-hybridized carbons (Fsp3) is 0.476. The first-order valence-corrected chi connectivity index (χ1v) is 10.5. The summed E-state index contributed by atoms with van der Waals surface area (Å²) >= 11 is 0. The predicted molar refractivity (Wildman–Crippen MR) is 115 cm³/mol. The maximum absolute atomic E-state index is 12.7. The van der Waals surface area contributed by atoms with Gasteiger partial charge in [0.05, 0.1) is 17.9 Å². The van der Waals surface area contributed by atoms with E-state index in [1.807, 2.05) is 37.8 Å². The molecule has 0 aliphatic carbocycles. The van der Waals surface area contributed by atoms with E-state index in [4.69, 9.17) is 0 Å². The minimum absolute atomic E-state index is 0.0122. The summed E-state index contributed by atoms with van der Waals surface area (Å²) in [5.41, 5.74) is 3.20. The number of carbonyl (C=O) groups is 1. The number of rotatable bonds is 5. The topological polar surface area (TPSA) is 94.1 Å². The lowest BCUT2D eigenvalue weighted by atomic mass is 10.2. The van der Waals surface area contributed by atoms with Crippen LogP contribution in [0.2, 0.25) is 0 Å². The highest BCUT2D eigenvalue weighted by molar-refractivity contribution is 5.92. The van der Waals surface area contributed by atoms with Crippen molar-refractivity contribution in [1.82, 2.24) is 39.1 Å². The van der Waals surface area contributed by atoms with Gasteiger partial charge < -0.3 is 4.90 Å². The van der Waals surface area contributed by atoms with E-state index in [1.165, 1.54) is 10.7 Å². The van der Waals surface area contributed by atoms with E-state index < -0.39 is 0 Å². The van der Waals surface area contributed by atoms with E-state index >= 15 is 0 Å². The van der Waals surface area contributed by atoms with Crippen molar-refractivity contribution in [2.45, 2.75) is 27.3 Å². The van der Waals surface area contributed by atoms with Gasteiger partial charge in [-0.15, -0.1) is 5.10 Å². The summed E-state index contributed by atoms with van der Waals surface area (Å²) in [7, 11) is 1.79. The minimum Gasteiger partial charge on any atom is -0.335 e. The fourth-order valence-corrected chi connectivity index (χ4v) is 3.96. The van der Waals surface area contributed by atoms with Crippen LogP contribution in [0.4, 0.5) is 0 Å². The zero-order valence-electron chi connectivity index (χ0n) is 18.4. The summed E-state index contributed by atoms with van der Waals surface area (Å²) in [6.45, 7) is 9.77. The second kappa shape index (κ2) is 8.46. The van der Waals surface area contributed by atoms with Gasteiger partial charge in [-0.1, -0.05) is 0 Å². The van der Waals surface area contributed by atoms with E-state index in [-0.39, 0.29) is 11.5 Å². The van der Waals surface area contributed by atoms with E-state index in [1.54, 1.807) is 22.5 Å². The van der Waals surface area contributed by atoms with Gasteiger partial charge in [-0.2, -0.15) is 10.2 Å². The van der Waals surface area contributed by atoms with Gasteiger partial charge in [-0.05, 0) is 39.0 Å². The Morgan fingerprint density at radius 3 is 2.26 bits per heavy atom. The molecular formula is C21H28N8O2. The quantitative estimate of drug-likeness (QED) is 0.594. The van der Waals surface area contributed by atoms with Crippen molar-refractivity contribution in [3.8, 4) is 5.82 Å². The maximum atomic E-state index is 12.7. The van der Waals surface area contributed by atoms with Crippen molar-refractivity contribution in [3.63, 3.8) is 0 Å². The first-order chi connectivity index (χ1) is 14.8. The van der Waals surface area contributed by atoms with Gasteiger partial charge in [0.1, 0.15) is 5.69 Å². The van der Waals surface area contributed by atoms with Gasteiger partial charge in [0.25, 0.3) is 11.5 Å². The zero-order valence-corrected chi connectivity index (χ0v) is 18.4. The molecule has 31 heavy (non-hydrogen) atoms. The molecule has 0 radical (unpaired) electrons.